The van der Waals surface area contributed by atoms with Crippen LogP contribution in [0.1, 0.15) is 12.5 Å². The Labute approximate surface area is 134 Å². The molecule has 7 nitrogen and oxygen atoms in total. The number of rotatable bonds is 6. The number of allylic oxidation sites excluding steroid dienone is 2. The highest BCUT2D eigenvalue weighted by Crippen LogP contribution is 2.37. The molecule has 0 aromatic heterocycles. The maximum absolute atomic E-state index is 11.6. The van der Waals surface area contributed by atoms with E-state index in [1.54, 1.807) is 24.3 Å². The number of aromatic hydroxyl groups is 1. The Morgan fingerprint density at radius 1 is 1.35 bits per heavy atom. The molecule has 0 saturated carbocycles. The quantitative estimate of drug-likeness (QED) is 0.316. The zero-order chi connectivity index (χ0) is 17.4. The molecule has 0 radical (unpaired) electrons. The molecule has 0 heterocycles. The minimum atomic E-state index is -1.05. The van der Waals surface area contributed by atoms with Crippen molar-refractivity contribution in [3.05, 3.63) is 35.4 Å². The van der Waals surface area contributed by atoms with E-state index in [0.717, 1.165) is 0 Å². The summed E-state index contributed by atoms with van der Waals surface area (Å²) in [4.78, 5) is 11.6. The highest BCUT2D eigenvalue weighted by Gasteiger charge is 2.11. The average molecular weight is 318 g/mol. The maximum atomic E-state index is 11.6. The number of ether oxygens (including phenoxy) is 2. The highest BCUT2D eigenvalue weighted by molar-refractivity contribution is 5.97. The van der Waals surface area contributed by atoms with E-state index in [1.807, 2.05) is 0 Å². The van der Waals surface area contributed by atoms with Gasteiger partial charge in [-0.25, -0.2) is 0 Å². The minimum absolute atomic E-state index is 0.114. The van der Waals surface area contributed by atoms with Crippen LogP contribution in [-0.2, 0) is 4.79 Å². The lowest BCUT2D eigenvalue weighted by molar-refractivity contribution is -0.119. The number of benzene rings is 1. The number of nitrogens with one attached hydrogen (secondary N) is 1. The Kier molecular flexibility index (Phi) is 6.65. The molecule has 1 atom stereocenters. The van der Waals surface area contributed by atoms with Crippen LogP contribution < -0.4 is 14.8 Å². The number of carbonyl (C=O) groups excluding carboxylic acids is 1. The Morgan fingerprint density at radius 2 is 1.91 bits per heavy atom. The van der Waals surface area contributed by atoms with Gasteiger partial charge in [0.05, 0.1) is 14.2 Å². The Bertz CT molecular complexity index is 647. The molecule has 0 fully saturated rings. The van der Waals surface area contributed by atoms with Gasteiger partial charge in [0.15, 0.2) is 11.5 Å². The number of phenolic OH excluding ortho intramolecular Hbond substituents is 1. The van der Waals surface area contributed by atoms with Crippen LogP contribution in [0.2, 0.25) is 0 Å². The standard InChI is InChI=1S/C16H18N2O5/c1-10(19)18-16(21)12(9-17)6-4-5-11-7-13(22-2)15(20)14(8-11)23-3/h4-8,10,19-20H,1-3H3,(H,18,21). The molecular formula is C16H18N2O5. The lowest BCUT2D eigenvalue weighted by atomic mass is 10.1. The van der Waals surface area contributed by atoms with Crippen LogP contribution in [0.5, 0.6) is 17.2 Å². The monoisotopic (exact) mass is 318 g/mol. The van der Waals surface area contributed by atoms with E-state index in [-0.39, 0.29) is 22.8 Å². The Morgan fingerprint density at radius 3 is 2.35 bits per heavy atom. The Hall–Kier alpha value is -2.98. The third-order valence-corrected chi connectivity index (χ3v) is 2.76. The van der Waals surface area contributed by atoms with Crippen LogP contribution in [0, 0.1) is 11.3 Å². The van der Waals surface area contributed by atoms with Crippen molar-refractivity contribution < 1.29 is 24.5 Å². The van der Waals surface area contributed by atoms with Gasteiger partial charge in [0, 0.05) is 0 Å². The third kappa shape index (κ3) is 5.05. The summed E-state index contributed by atoms with van der Waals surface area (Å²) < 4.78 is 10.1. The van der Waals surface area contributed by atoms with Crippen molar-refractivity contribution in [3.8, 4) is 23.3 Å². The number of nitriles is 1. The van der Waals surface area contributed by atoms with Crippen molar-refractivity contribution in [2.45, 2.75) is 13.2 Å². The van der Waals surface area contributed by atoms with Crippen molar-refractivity contribution in [1.29, 1.82) is 5.26 Å². The molecule has 0 bridgehead atoms. The largest absolute Gasteiger partial charge is 0.502 e. The second kappa shape index (κ2) is 8.46. The van der Waals surface area contributed by atoms with Crippen LogP contribution >= 0.6 is 0 Å². The highest BCUT2D eigenvalue weighted by atomic mass is 16.5. The number of hydrogen-bond acceptors (Lipinski definition) is 6. The first-order valence-corrected chi connectivity index (χ1v) is 6.65. The molecule has 1 unspecified atom stereocenters. The molecule has 0 aliphatic carbocycles. The lowest BCUT2D eigenvalue weighted by Gasteiger charge is -2.09. The summed E-state index contributed by atoms with van der Waals surface area (Å²) in [7, 11) is 2.83. The molecular weight excluding hydrogens is 300 g/mol. The molecule has 23 heavy (non-hydrogen) atoms. The average Bonchev–Trinajstić information content (AvgIpc) is 2.51. The molecule has 0 saturated heterocycles. The molecule has 1 rings (SSSR count). The summed E-state index contributed by atoms with van der Waals surface area (Å²) in [5.74, 6) is -0.314. The summed E-state index contributed by atoms with van der Waals surface area (Å²) in [6.45, 7) is 1.37. The van der Waals surface area contributed by atoms with E-state index in [4.69, 9.17) is 19.8 Å². The summed E-state index contributed by atoms with van der Waals surface area (Å²) in [5.41, 5.74) is 0.487. The van der Waals surface area contributed by atoms with Crippen molar-refractivity contribution in [2.24, 2.45) is 0 Å². The summed E-state index contributed by atoms with van der Waals surface area (Å²) in [6.07, 6.45) is 3.36. The smallest absolute Gasteiger partial charge is 0.263 e. The van der Waals surface area contributed by atoms with Gasteiger partial charge in [-0.05, 0) is 30.7 Å². The zero-order valence-corrected chi connectivity index (χ0v) is 13.0. The second-order valence-electron chi connectivity index (χ2n) is 4.47. The number of aliphatic hydroxyl groups excluding tert-OH is 1. The molecule has 0 aliphatic heterocycles. The lowest BCUT2D eigenvalue weighted by Crippen LogP contribution is -2.32. The Balaban J connectivity index is 3.02. The van der Waals surface area contributed by atoms with Gasteiger partial charge in [0.2, 0.25) is 5.75 Å². The molecule has 1 aromatic carbocycles. The van der Waals surface area contributed by atoms with Crippen LogP contribution in [0.4, 0.5) is 0 Å². The van der Waals surface area contributed by atoms with Crippen molar-refractivity contribution >= 4 is 12.0 Å². The number of phenols is 1. The van der Waals surface area contributed by atoms with E-state index >= 15 is 0 Å². The SMILES string of the molecule is COc1cc(C=CC=C(C#N)C(=O)NC(C)O)cc(OC)c1O. The van der Waals surface area contributed by atoms with Crippen molar-refractivity contribution in [1.82, 2.24) is 5.32 Å². The fourth-order valence-corrected chi connectivity index (χ4v) is 1.70. The molecule has 7 heteroatoms. The zero-order valence-electron chi connectivity index (χ0n) is 13.0. The van der Waals surface area contributed by atoms with Crippen LogP contribution in [0.25, 0.3) is 6.08 Å². The van der Waals surface area contributed by atoms with E-state index in [9.17, 15) is 9.90 Å². The van der Waals surface area contributed by atoms with Gasteiger partial charge >= 0.3 is 0 Å². The van der Waals surface area contributed by atoms with Gasteiger partial charge < -0.3 is 25.0 Å². The van der Waals surface area contributed by atoms with E-state index in [0.29, 0.717) is 5.56 Å². The first kappa shape index (κ1) is 18.1. The molecule has 1 amide bonds. The maximum Gasteiger partial charge on any atom is 0.263 e. The van der Waals surface area contributed by atoms with Gasteiger partial charge in [0.1, 0.15) is 17.9 Å². The molecule has 0 aliphatic rings. The predicted molar refractivity (Wildman–Crippen MR) is 83.8 cm³/mol. The number of carbonyl (C=O) groups is 1. The number of aliphatic hydroxyl groups is 1. The molecule has 3 N–H and O–H groups in total. The normalized spacial score (nSPS) is 12.6. The van der Waals surface area contributed by atoms with Gasteiger partial charge in [-0.3, -0.25) is 4.79 Å². The van der Waals surface area contributed by atoms with Gasteiger partial charge in [0.25, 0.3) is 5.91 Å². The molecule has 122 valence electrons. The van der Waals surface area contributed by atoms with Crippen LogP contribution in [-0.4, -0.2) is 36.6 Å². The fourth-order valence-electron chi connectivity index (χ4n) is 1.70. The minimum Gasteiger partial charge on any atom is -0.502 e. The van der Waals surface area contributed by atoms with Crippen LogP contribution in [0.3, 0.4) is 0 Å². The molecule has 0 spiro atoms. The predicted octanol–water partition coefficient (Wildman–Crippen LogP) is 1.33. The number of methoxy groups -OCH3 is 2. The van der Waals surface area contributed by atoms with E-state index < -0.39 is 12.1 Å². The summed E-state index contributed by atoms with van der Waals surface area (Å²) in [5, 5.41) is 30.0. The van der Waals surface area contributed by atoms with E-state index in [2.05, 4.69) is 5.32 Å². The number of hydrogen-bond donors (Lipinski definition) is 3. The number of amides is 1. The topological polar surface area (TPSA) is 112 Å². The van der Waals surface area contributed by atoms with E-state index in [1.165, 1.54) is 33.3 Å². The second-order valence-corrected chi connectivity index (χ2v) is 4.47. The summed E-state index contributed by atoms with van der Waals surface area (Å²) in [6, 6.07) is 4.89. The van der Waals surface area contributed by atoms with Gasteiger partial charge in [-0.15, -0.1) is 0 Å². The van der Waals surface area contributed by atoms with Crippen molar-refractivity contribution in [2.75, 3.05) is 14.2 Å². The first-order chi connectivity index (χ1) is 10.9. The van der Waals surface area contributed by atoms with Crippen LogP contribution in [0.15, 0.2) is 29.9 Å². The third-order valence-electron chi connectivity index (χ3n) is 2.76. The van der Waals surface area contributed by atoms with Crippen molar-refractivity contribution in [3.63, 3.8) is 0 Å². The fraction of sp³-hybridized carbons (Fsp3) is 0.250. The van der Waals surface area contributed by atoms with Gasteiger partial charge in [-0.2, -0.15) is 5.26 Å². The van der Waals surface area contributed by atoms with Gasteiger partial charge in [-0.1, -0.05) is 12.2 Å². The molecule has 1 aromatic rings. The summed E-state index contributed by atoms with van der Waals surface area (Å²) >= 11 is 0. The first-order valence-electron chi connectivity index (χ1n) is 6.65. The number of nitrogens with zero attached hydrogens (tertiary/aromatic N) is 1.